The van der Waals surface area contributed by atoms with E-state index in [1.807, 2.05) is 19.1 Å². The third-order valence-corrected chi connectivity index (χ3v) is 7.61. The number of hydrogen-bond donors (Lipinski definition) is 0. The van der Waals surface area contributed by atoms with Crippen molar-refractivity contribution in [3.05, 3.63) is 76.9 Å². The molecular formula is C27H29NO5S. The fourth-order valence-electron chi connectivity index (χ4n) is 4.46. The molecule has 0 saturated carbocycles. The topological polar surface area (TPSA) is 80.8 Å². The van der Waals surface area contributed by atoms with Gasteiger partial charge in [-0.3, -0.25) is 9.59 Å². The fraction of sp³-hybridized carbons (Fsp3) is 0.333. The van der Waals surface area contributed by atoms with Crippen molar-refractivity contribution in [3.8, 4) is 0 Å². The first-order valence-electron chi connectivity index (χ1n) is 11.7. The number of nitrogens with zero attached hydrogens (tertiary/aromatic N) is 1. The quantitative estimate of drug-likeness (QED) is 0.361. The van der Waals surface area contributed by atoms with Crippen molar-refractivity contribution in [2.24, 2.45) is 5.92 Å². The van der Waals surface area contributed by atoms with Crippen LogP contribution in [0.3, 0.4) is 0 Å². The highest BCUT2D eigenvalue weighted by Gasteiger charge is 2.38. The minimum atomic E-state index is -4.37. The van der Waals surface area contributed by atoms with Gasteiger partial charge >= 0.3 is 10.1 Å². The molecular weight excluding hydrogens is 450 g/mol. The highest BCUT2D eigenvalue weighted by Crippen LogP contribution is 2.33. The van der Waals surface area contributed by atoms with Crippen molar-refractivity contribution in [2.75, 3.05) is 0 Å². The van der Waals surface area contributed by atoms with E-state index >= 15 is 0 Å². The zero-order valence-electron chi connectivity index (χ0n) is 19.7. The van der Waals surface area contributed by atoms with Crippen molar-refractivity contribution in [1.29, 1.82) is 0 Å². The molecule has 0 aromatic heterocycles. The van der Waals surface area contributed by atoms with Crippen LogP contribution in [0.5, 0.6) is 0 Å². The monoisotopic (exact) mass is 479 g/mol. The van der Waals surface area contributed by atoms with Gasteiger partial charge in [0.05, 0.1) is 16.0 Å². The van der Waals surface area contributed by atoms with Gasteiger partial charge in [-0.05, 0) is 54.5 Å². The molecule has 1 atom stereocenters. The Morgan fingerprint density at radius 2 is 1.65 bits per heavy atom. The van der Waals surface area contributed by atoms with Crippen molar-refractivity contribution >= 4 is 32.7 Å². The van der Waals surface area contributed by atoms with Crippen LogP contribution in [-0.2, 0) is 20.8 Å². The van der Waals surface area contributed by atoms with Gasteiger partial charge in [-0.25, -0.2) is 0 Å². The van der Waals surface area contributed by atoms with E-state index in [0.29, 0.717) is 16.4 Å². The summed E-state index contributed by atoms with van der Waals surface area (Å²) >= 11 is 0. The first-order chi connectivity index (χ1) is 16.2. The zero-order chi connectivity index (χ0) is 24.5. The third kappa shape index (κ3) is 4.63. The molecule has 0 saturated heterocycles. The van der Waals surface area contributed by atoms with E-state index in [1.54, 1.807) is 30.3 Å². The molecule has 0 bridgehead atoms. The second-order valence-corrected chi connectivity index (χ2v) is 10.4. The standard InChI is InChI=1S/C27H29NO5S/c1-4-6-8-19(5-2)15-20-16-21-9-7-10-23-25(21)24(17-20)27(30)28(26(23)29)33-34(31,32)22-13-11-18(3)12-14-22/h7,9-14,16-17,19H,4-6,8,15H2,1-3H3. The maximum absolute atomic E-state index is 13.4. The van der Waals surface area contributed by atoms with E-state index in [9.17, 15) is 18.0 Å². The summed E-state index contributed by atoms with van der Waals surface area (Å²) < 4.78 is 30.8. The van der Waals surface area contributed by atoms with Crippen LogP contribution in [0.25, 0.3) is 10.8 Å². The van der Waals surface area contributed by atoms with Crippen molar-refractivity contribution in [3.63, 3.8) is 0 Å². The van der Waals surface area contributed by atoms with Gasteiger partial charge in [0.1, 0.15) is 0 Å². The Bertz CT molecular complexity index is 1350. The number of aryl methyl sites for hydroxylation is 1. The number of carbonyl (C=O) groups excluding carboxylic acids is 2. The minimum absolute atomic E-state index is 0.127. The lowest BCUT2D eigenvalue weighted by molar-refractivity contribution is -0.0155. The average Bonchev–Trinajstić information content (AvgIpc) is 2.82. The van der Waals surface area contributed by atoms with Gasteiger partial charge < -0.3 is 0 Å². The Balaban J connectivity index is 1.72. The largest absolute Gasteiger partial charge is 0.318 e. The minimum Gasteiger partial charge on any atom is -0.266 e. The normalized spacial score (nSPS) is 14.6. The van der Waals surface area contributed by atoms with Crippen LogP contribution in [0.1, 0.15) is 71.4 Å². The molecule has 0 aliphatic carbocycles. The molecule has 3 aromatic carbocycles. The number of carbonyl (C=O) groups is 2. The lowest BCUT2D eigenvalue weighted by atomic mass is 9.87. The lowest BCUT2D eigenvalue weighted by Gasteiger charge is -2.26. The number of rotatable bonds is 9. The van der Waals surface area contributed by atoms with E-state index in [2.05, 4.69) is 13.8 Å². The Morgan fingerprint density at radius 3 is 2.32 bits per heavy atom. The summed E-state index contributed by atoms with van der Waals surface area (Å²) in [6.45, 7) is 6.16. The maximum Gasteiger partial charge on any atom is 0.318 e. The second-order valence-electron chi connectivity index (χ2n) is 8.91. The van der Waals surface area contributed by atoms with Gasteiger partial charge in [-0.1, -0.05) is 75.4 Å². The second kappa shape index (κ2) is 9.68. The summed E-state index contributed by atoms with van der Waals surface area (Å²) in [5, 5.41) is 1.71. The molecule has 4 rings (SSSR count). The molecule has 0 spiro atoms. The van der Waals surface area contributed by atoms with Crippen molar-refractivity contribution in [1.82, 2.24) is 5.06 Å². The number of benzene rings is 3. The summed E-state index contributed by atoms with van der Waals surface area (Å²) in [6.07, 6.45) is 5.23. The Hall–Kier alpha value is -3.03. The molecule has 0 fully saturated rings. The van der Waals surface area contributed by atoms with E-state index in [-0.39, 0.29) is 16.0 Å². The summed E-state index contributed by atoms with van der Waals surface area (Å²) in [6, 6.07) is 15.0. The van der Waals surface area contributed by atoms with E-state index in [1.165, 1.54) is 12.1 Å². The smallest absolute Gasteiger partial charge is 0.266 e. The number of unbranched alkanes of at least 4 members (excludes halogenated alkanes) is 1. The predicted molar refractivity (Wildman–Crippen MR) is 131 cm³/mol. The molecule has 2 amide bonds. The predicted octanol–water partition coefficient (Wildman–Crippen LogP) is 5.82. The molecule has 1 aliphatic heterocycles. The Morgan fingerprint density at radius 1 is 0.941 bits per heavy atom. The molecule has 6 nitrogen and oxygen atoms in total. The third-order valence-electron chi connectivity index (χ3n) is 6.42. The molecule has 1 unspecified atom stereocenters. The SMILES string of the molecule is CCCCC(CC)Cc1cc2c3c(cccc3c1)C(=O)N(OS(=O)(=O)c1ccc(C)cc1)C2=O. The molecule has 0 N–H and O–H groups in total. The van der Waals surface area contributed by atoms with E-state index in [4.69, 9.17) is 4.28 Å². The van der Waals surface area contributed by atoms with Crippen LogP contribution in [0.2, 0.25) is 0 Å². The maximum atomic E-state index is 13.4. The van der Waals surface area contributed by atoms with Gasteiger partial charge in [-0.15, -0.1) is 9.35 Å². The fourth-order valence-corrected chi connectivity index (χ4v) is 5.34. The van der Waals surface area contributed by atoms with Gasteiger partial charge in [0, 0.05) is 5.39 Å². The zero-order valence-corrected chi connectivity index (χ0v) is 20.5. The Labute approximate surface area is 200 Å². The van der Waals surface area contributed by atoms with Gasteiger partial charge in [0.25, 0.3) is 11.8 Å². The summed E-state index contributed by atoms with van der Waals surface area (Å²) in [7, 11) is -4.37. The Kier molecular flexibility index (Phi) is 6.86. The number of imide groups is 1. The molecule has 34 heavy (non-hydrogen) atoms. The van der Waals surface area contributed by atoms with Gasteiger partial charge in [-0.2, -0.15) is 8.42 Å². The average molecular weight is 480 g/mol. The van der Waals surface area contributed by atoms with Crippen molar-refractivity contribution in [2.45, 2.75) is 57.8 Å². The number of amides is 2. The first kappa shape index (κ1) is 24.1. The van der Waals surface area contributed by atoms with Crippen LogP contribution in [-0.4, -0.2) is 25.3 Å². The summed E-state index contributed by atoms with van der Waals surface area (Å²) in [5.74, 6) is -1.07. The number of hydroxylamine groups is 2. The highest BCUT2D eigenvalue weighted by atomic mass is 32.2. The molecule has 3 aromatic rings. The van der Waals surface area contributed by atoms with Crippen LogP contribution in [0.4, 0.5) is 0 Å². The van der Waals surface area contributed by atoms with Crippen LogP contribution < -0.4 is 0 Å². The molecule has 0 radical (unpaired) electrons. The summed E-state index contributed by atoms with van der Waals surface area (Å²) in [5.41, 5.74) is 2.40. The van der Waals surface area contributed by atoms with Crippen molar-refractivity contribution < 1.29 is 22.3 Å². The molecule has 7 heteroatoms. The van der Waals surface area contributed by atoms with E-state index < -0.39 is 21.9 Å². The van der Waals surface area contributed by atoms with Crippen LogP contribution in [0, 0.1) is 12.8 Å². The van der Waals surface area contributed by atoms with Gasteiger partial charge in [0.2, 0.25) is 0 Å². The van der Waals surface area contributed by atoms with E-state index in [0.717, 1.165) is 48.6 Å². The van der Waals surface area contributed by atoms with Crippen LogP contribution in [0.15, 0.2) is 59.5 Å². The molecule has 178 valence electrons. The molecule has 1 aliphatic rings. The first-order valence-corrected chi connectivity index (χ1v) is 13.1. The van der Waals surface area contributed by atoms with Crippen LogP contribution >= 0.6 is 0 Å². The van der Waals surface area contributed by atoms with Gasteiger partial charge in [0.15, 0.2) is 0 Å². The highest BCUT2D eigenvalue weighted by molar-refractivity contribution is 7.86. The lowest BCUT2D eigenvalue weighted by Crippen LogP contribution is -2.41. The number of hydrogen-bond acceptors (Lipinski definition) is 5. The summed E-state index contributed by atoms with van der Waals surface area (Å²) in [4.78, 5) is 26.4. The molecule has 1 heterocycles.